The second kappa shape index (κ2) is 7.36. The SMILES string of the molecule is Cc1ccc(N2C[C@H](C(=O)Nc3ccc(C#N)c(Cl)c3)CC2=O)cc1Cl. The Morgan fingerprint density at radius 2 is 2.00 bits per heavy atom. The lowest BCUT2D eigenvalue weighted by Gasteiger charge is -2.17. The number of rotatable bonds is 3. The molecule has 2 amide bonds. The van der Waals surface area contributed by atoms with Crippen molar-refractivity contribution in [3.8, 4) is 6.07 Å². The van der Waals surface area contributed by atoms with Gasteiger partial charge in [-0.25, -0.2) is 0 Å². The minimum Gasteiger partial charge on any atom is -0.326 e. The van der Waals surface area contributed by atoms with E-state index in [1.165, 1.54) is 6.07 Å². The van der Waals surface area contributed by atoms with Crippen LogP contribution in [0.25, 0.3) is 0 Å². The standard InChI is InChI=1S/C19H15Cl2N3O2/c1-11-2-5-15(8-16(11)20)24-10-13(6-18(24)25)19(26)23-14-4-3-12(9-22)17(21)7-14/h2-5,7-8,13H,6,10H2,1H3,(H,23,26)/t13-/m1/s1. The Balaban J connectivity index is 1.71. The maximum Gasteiger partial charge on any atom is 0.229 e. The van der Waals surface area contributed by atoms with E-state index in [4.69, 9.17) is 28.5 Å². The van der Waals surface area contributed by atoms with Crippen molar-refractivity contribution in [2.45, 2.75) is 13.3 Å². The average molecular weight is 388 g/mol. The molecule has 3 rings (SSSR count). The fourth-order valence-corrected chi connectivity index (χ4v) is 3.21. The molecule has 1 atom stereocenters. The molecule has 1 saturated heterocycles. The van der Waals surface area contributed by atoms with Gasteiger partial charge in [-0.1, -0.05) is 29.3 Å². The van der Waals surface area contributed by atoms with E-state index < -0.39 is 5.92 Å². The molecular weight excluding hydrogens is 373 g/mol. The summed E-state index contributed by atoms with van der Waals surface area (Å²) in [7, 11) is 0. The summed E-state index contributed by atoms with van der Waals surface area (Å²) in [6, 6.07) is 12.0. The Bertz CT molecular complexity index is 937. The molecule has 7 heteroatoms. The molecule has 26 heavy (non-hydrogen) atoms. The van der Waals surface area contributed by atoms with E-state index in [9.17, 15) is 9.59 Å². The summed E-state index contributed by atoms with van der Waals surface area (Å²) in [4.78, 5) is 26.4. The lowest BCUT2D eigenvalue weighted by molar-refractivity contribution is -0.122. The van der Waals surface area contributed by atoms with Crippen molar-refractivity contribution in [3.05, 3.63) is 57.6 Å². The van der Waals surface area contributed by atoms with Crippen molar-refractivity contribution >= 4 is 46.4 Å². The first kappa shape index (κ1) is 18.2. The van der Waals surface area contributed by atoms with Gasteiger partial charge in [0.1, 0.15) is 6.07 Å². The molecule has 0 bridgehead atoms. The third-order valence-corrected chi connectivity index (χ3v) is 5.04. The van der Waals surface area contributed by atoms with Crippen molar-refractivity contribution in [3.63, 3.8) is 0 Å². The van der Waals surface area contributed by atoms with Gasteiger partial charge < -0.3 is 10.2 Å². The summed E-state index contributed by atoms with van der Waals surface area (Å²) in [5.74, 6) is -0.861. The van der Waals surface area contributed by atoms with Crippen molar-refractivity contribution < 1.29 is 9.59 Å². The van der Waals surface area contributed by atoms with E-state index >= 15 is 0 Å². The molecule has 0 aromatic heterocycles. The van der Waals surface area contributed by atoms with Gasteiger partial charge >= 0.3 is 0 Å². The molecule has 0 spiro atoms. The normalized spacial score (nSPS) is 16.5. The van der Waals surface area contributed by atoms with Crippen molar-refractivity contribution in [1.29, 1.82) is 5.26 Å². The molecule has 1 aliphatic rings. The number of hydrogen-bond donors (Lipinski definition) is 1. The number of amides is 2. The zero-order valence-corrected chi connectivity index (χ0v) is 15.4. The fourth-order valence-electron chi connectivity index (χ4n) is 2.81. The third kappa shape index (κ3) is 3.67. The molecule has 1 heterocycles. The maximum atomic E-state index is 12.5. The Morgan fingerprint density at radius 1 is 1.23 bits per heavy atom. The van der Waals surface area contributed by atoms with Crippen LogP contribution in [0.4, 0.5) is 11.4 Å². The van der Waals surface area contributed by atoms with Crippen LogP contribution in [0, 0.1) is 24.2 Å². The number of nitriles is 1. The van der Waals surface area contributed by atoms with E-state index in [0.29, 0.717) is 22.0 Å². The predicted octanol–water partition coefficient (Wildman–Crippen LogP) is 4.17. The largest absolute Gasteiger partial charge is 0.326 e. The molecule has 1 aliphatic heterocycles. The number of nitrogens with one attached hydrogen (secondary N) is 1. The predicted molar refractivity (Wildman–Crippen MR) is 101 cm³/mol. The van der Waals surface area contributed by atoms with Crippen LogP contribution in [0.2, 0.25) is 10.0 Å². The van der Waals surface area contributed by atoms with Crippen LogP contribution in [0.5, 0.6) is 0 Å². The molecule has 5 nitrogen and oxygen atoms in total. The van der Waals surface area contributed by atoms with Crippen molar-refractivity contribution in [2.24, 2.45) is 5.92 Å². The van der Waals surface area contributed by atoms with Gasteiger partial charge in [-0.2, -0.15) is 5.26 Å². The Morgan fingerprint density at radius 3 is 2.65 bits per heavy atom. The molecular formula is C19H15Cl2N3O2. The topological polar surface area (TPSA) is 73.2 Å². The molecule has 1 N–H and O–H groups in total. The summed E-state index contributed by atoms with van der Waals surface area (Å²) in [6.07, 6.45) is 0.126. The molecule has 2 aromatic rings. The van der Waals surface area contributed by atoms with Crippen LogP contribution in [0.3, 0.4) is 0 Å². The number of nitrogens with zero attached hydrogens (tertiary/aromatic N) is 2. The Kier molecular flexibility index (Phi) is 5.17. The van der Waals surface area contributed by atoms with Gasteiger partial charge in [0.2, 0.25) is 11.8 Å². The van der Waals surface area contributed by atoms with E-state index in [-0.39, 0.29) is 29.8 Å². The van der Waals surface area contributed by atoms with Gasteiger partial charge in [0.05, 0.1) is 16.5 Å². The minimum absolute atomic E-state index is 0.122. The molecule has 0 radical (unpaired) electrons. The number of carbonyl (C=O) groups excluding carboxylic acids is 2. The second-order valence-corrected chi connectivity index (χ2v) is 6.95. The zero-order chi connectivity index (χ0) is 18.8. The Hall–Kier alpha value is -2.55. The Labute approximate surface area is 161 Å². The summed E-state index contributed by atoms with van der Waals surface area (Å²) >= 11 is 12.1. The van der Waals surface area contributed by atoms with Gasteiger partial charge in [-0.05, 0) is 42.8 Å². The molecule has 132 valence electrons. The first-order chi connectivity index (χ1) is 12.4. The number of aryl methyl sites for hydroxylation is 1. The van der Waals surface area contributed by atoms with Crippen LogP contribution >= 0.6 is 23.2 Å². The van der Waals surface area contributed by atoms with E-state index in [2.05, 4.69) is 5.32 Å². The van der Waals surface area contributed by atoms with Crippen LogP contribution in [0.15, 0.2) is 36.4 Å². The van der Waals surface area contributed by atoms with Gasteiger partial charge in [0.15, 0.2) is 0 Å². The maximum absolute atomic E-state index is 12.5. The summed E-state index contributed by atoms with van der Waals surface area (Å²) in [6.45, 7) is 2.17. The van der Waals surface area contributed by atoms with Crippen LogP contribution < -0.4 is 10.2 Å². The number of anilines is 2. The summed E-state index contributed by atoms with van der Waals surface area (Å²) in [5.41, 5.74) is 2.43. The molecule has 0 saturated carbocycles. The lowest BCUT2D eigenvalue weighted by atomic mass is 10.1. The molecule has 0 aliphatic carbocycles. The third-order valence-electron chi connectivity index (χ3n) is 4.32. The van der Waals surface area contributed by atoms with Crippen LogP contribution in [-0.4, -0.2) is 18.4 Å². The number of halogens is 2. The van der Waals surface area contributed by atoms with Gasteiger partial charge in [0.25, 0.3) is 0 Å². The fraction of sp³-hybridized carbons (Fsp3) is 0.211. The van der Waals surface area contributed by atoms with E-state index in [0.717, 1.165) is 5.56 Å². The molecule has 0 unspecified atom stereocenters. The van der Waals surface area contributed by atoms with Gasteiger partial charge in [0, 0.05) is 29.4 Å². The monoisotopic (exact) mass is 387 g/mol. The summed E-state index contributed by atoms with van der Waals surface area (Å²) in [5, 5.41) is 12.5. The highest BCUT2D eigenvalue weighted by Crippen LogP contribution is 2.29. The number of hydrogen-bond acceptors (Lipinski definition) is 3. The number of benzene rings is 2. The van der Waals surface area contributed by atoms with Crippen LogP contribution in [-0.2, 0) is 9.59 Å². The van der Waals surface area contributed by atoms with E-state index in [1.807, 2.05) is 25.1 Å². The second-order valence-electron chi connectivity index (χ2n) is 6.13. The van der Waals surface area contributed by atoms with Crippen molar-refractivity contribution in [1.82, 2.24) is 0 Å². The smallest absolute Gasteiger partial charge is 0.229 e. The minimum atomic E-state index is -0.475. The highest BCUT2D eigenvalue weighted by atomic mass is 35.5. The zero-order valence-electron chi connectivity index (χ0n) is 13.9. The highest BCUT2D eigenvalue weighted by Gasteiger charge is 2.35. The highest BCUT2D eigenvalue weighted by molar-refractivity contribution is 6.32. The average Bonchev–Trinajstić information content (AvgIpc) is 2.99. The quantitative estimate of drug-likeness (QED) is 0.858. The first-order valence-electron chi connectivity index (χ1n) is 7.96. The lowest BCUT2D eigenvalue weighted by Crippen LogP contribution is -2.28. The van der Waals surface area contributed by atoms with Crippen LogP contribution in [0.1, 0.15) is 17.5 Å². The van der Waals surface area contributed by atoms with Gasteiger partial charge in [-0.3, -0.25) is 9.59 Å². The number of carbonyl (C=O) groups is 2. The van der Waals surface area contributed by atoms with E-state index in [1.54, 1.807) is 23.1 Å². The van der Waals surface area contributed by atoms with Crippen molar-refractivity contribution in [2.75, 3.05) is 16.8 Å². The van der Waals surface area contributed by atoms with Gasteiger partial charge in [-0.15, -0.1) is 0 Å². The first-order valence-corrected chi connectivity index (χ1v) is 8.71. The summed E-state index contributed by atoms with van der Waals surface area (Å²) < 4.78 is 0. The molecule has 2 aromatic carbocycles. The molecule has 1 fully saturated rings.